The van der Waals surface area contributed by atoms with Crippen molar-refractivity contribution >= 4 is 76.2 Å². The second-order valence-corrected chi connectivity index (χ2v) is 15.3. The molecule has 0 fully saturated rings. The fourth-order valence-electron chi connectivity index (χ4n) is 9.30. The van der Waals surface area contributed by atoms with Crippen LogP contribution in [0.1, 0.15) is 25.0 Å². The molecule has 9 aromatic carbocycles. The Labute approximate surface area is 305 Å². The predicted octanol–water partition coefficient (Wildman–Crippen LogP) is 14.6. The van der Waals surface area contributed by atoms with Gasteiger partial charge in [0.15, 0.2) is 0 Å². The molecule has 1 aliphatic carbocycles. The topological polar surface area (TPSA) is 26.3 Å². The number of hydrogen-bond acceptors (Lipinski definition) is 2. The van der Waals surface area contributed by atoms with Gasteiger partial charge in [-0.2, -0.15) is 0 Å². The molecule has 0 bridgehead atoms. The lowest BCUT2D eigenvalue weighted by Crippen LogP contribution is -2.15. The van der Waals surface area contributed by atoms with Crippen LogP contribution in [0.15, 0.2) is 167 Å². The number of benzene rings is 9. The van der Waals surface area contributed by atoms with Crippen molar-refractivity contribution in [3.05, 3.63) is 169 Å². The highest BCUT2D eigenvalue weighted by Crippen LogP contribution is 2.52. The van der Waals surface area contributed by atoms with E-state index >= 15 is 0 Å². The number of rotatable bonds is 2. The van der Waals surface area contributed by atoms with Gasteiger partial charge in [-0.15, -0.1) is 0 Å². The molecule has 2 heterocycles. The zero-order valence-corrected chi connectivity index (χ0v) is 29.3. The molecule has 53 heavy (non-hydrogen) atoms. The smallest absolute Gasteiger partial charge is 0.136 e. The molecule has 0 saturated heterocycles. The van der Waals surface area contributed by atoms with E-state index in [0.29, 0.717) is 0 Å². The van der Waals surface area contributed by atoms with E-state index in [2.05, 4.69) is 172 Å². The van der Waals surface area contributed by atoms with E-state index in [1.807, 2.05) is 0 Å². The normalized spacial score (nSPS) is 13.6. The highest BCUT2D eigenvalue weighted by atomic mass is 16.3. The Bertz CT molecular complexity index is 3370. The van der Waals surface area contributed by atoms with Gasteiger partial charge >= 0.3 is 0 Å². The molecule has 11 aromatic rings. The van der Waals surface area contributed by atoms with Crippen molar-refractivity contribution in [1.82, 2.24) is 0 Å². The van der Waals surface area contributed by atoms with Gasteiger partial charge in [-0.25, -0.2) is 0 Å². The van der Waals surface area contributed by atoms with Crippen LogP contribution in [0.25, 0.3) is 110 Å². The summed E-state index contributed by atoms with van der Waals surface area (Å²) in [6.07, 6.45) is 0. The Morgan fingerprint density at radius 1 is 0.340 bits per heavy atom. The van der Waals surface area contributed by atoms with E-state index in [1.54, 1.807) is 0 Å². The minimum absolute atomic E-state index is 0.162. The molecule has 0 N–H and O–H groups in total. The van der Waals surface area contributed by atoms with E-state index < -0.39 is 0 Å². The van der Waals surface area contributed by atoms with Crippen molar-refractivity contribution in [3.63, 3.8) is 0 Å². The van der Waals surface area contributed by atoms with Crippen LogP contribution in [0.4, 0.5) is 0 Å². The van der Waals surface area contributed by atoms with E-state index in [9.17, 15) is 0 Å². The molecule has 0 atom stereocenters. The Morgan fingerprint density at radius 3 is 1.42 bits per heavy atom. The van der Waals surface area contributed by atoms with Gasteiger partial charge in [0.1, 0.15) is 22.3 Å². The van der Waals surface area contributed by atoms with Crippen LogP contribution in [0.5, 0.6) is 0 Å². The largest absolute Gasteiger partial charge is 0.456 e. The quantitative estimate of drug-likeness (QED) is 0.182. The lowest BCUT2D eigenvalue weighted by molar-refractivity contribution is 0.666. The third-order valence-corrected chi connectivity index (χ3v) is 12.0. The fraction of sp³-hybridized carbons (Fsp3) is 0.0588. The molecule has 248 valence electrons. The lowest BCUT2D eigenvalue weighted by atomic mass is 9.79. The predicted molar refractivity (Wildman–Crippen MR) is 222 cm³/mol. The van der Waals surface area contributed by atoms with Gasteiger partial charge in [-0.3, -0.25) is 0 Å². The van der Waals surface area contributed by atoms with Crippen molar-refractivity contribution in [2.75, 3.05) is 0 Å². The van der Waals surface area contributed by atoms with E-state index in [1.165, 1.54) is 76.8 Å². The molecule has 2 nitrogen and oxygen atoms in total. The first-order chi connectivity index (χ1) is 26.0. The third-order valence-electron chi connectivity index (χ3n) is 12.0. The molecule has 2 heteroatoms. The Kier molecular flexibility index (Phi) is 5.60. The summed E-state index contributed by atoms with van der Waals surface area (Å²) in [5.74, 6) is 0. The fourth-order valence-corrected chi connectivity index (χ4v) is 9.30. The molecule has 2 aromatic heterocycles. The standard InChI is InChI=1S/C51H32O2/c1-51(2)45-26-36(35-15-20-47-42(25-35)44-23-30-8-4-6-10-32(30)28-49(44)53-47)12-17-39(45)40-18-13-37-21-33(11-16-38(37)50(40)51)34-14-19-46-41(24-34)43-22-29-7-3-5-9-31(29)27-48(43)52-46/h3-28H,1-2H3. The molecular formula is C51H32O2. The van der Waals surface area contributed by atoms with Gasteiger partial charge in [0.2, 0.25) is 0 Å². The van der Waals surface area contributed by atoms with Crippen molar-refractivity contribution < 1.29 is 8.83 Å². The molecule has 0 radical (unpaired) electrons. The van der Waals surface area contributed by atoms with Gasteiger partial charge < -0.3 is 8.83 Å². The van der Waals surface area contributed by atoms with Gasteiger partial charge in [0.25, 0.3) is 0 Å². The third kappa shape index (κ3) is 4.09. The minimum Gasteiger partial charge on any atom is -0.456 e. The maximum absolute atomic E-state index is 6.32. The molecule has 0 saturated carbocycles. The summed E-state index contributed by atoms with van der Waals surface area (Å²) in [7, 11) is 0. The lowest BCUT2D eigenvalue weighted by Gasteiger charge is -2.24. The second-order valence-electron chi connectivity index (χ2n) is 15.3. The van der Waals surface area contributed by atoms with Crippen LogP contribution in [0, 0.1) is 0 Å². The van der Waals surface area contributed by atoms with Crippen LogP contribution in [-0.4, -0.2) is 0 Å². The van der Waals surface area contributed by atoms with Gasteiger partial charge in [0.05, 0.1) is 0 Å². The zero-order valence-electron chi connectivity index (χ0n) is 29.3. The number of hydrogen-bond donors (Lipinski definition) is 0. The summed E-state index contributed by atoms with van der Waals surface area (Å²) in [4.78, 5) is 0. The van der Waals surface area contributed by atoms with Gasteiger partial charge in [-0.1, -0.05) is 111 Å². The van der Waals surface area contributed by atoms with Crippen LogP contribution in [-0.2, 0) is 5.41 Å². The summed E-state index contributed by atoms with van der Waals surface area (Å²) in [6, 6.07) is 57.7. The van der Waals surface area contributed by atoms with Gasteiger partial charge in [0, 0.05) is 27.0 Å². The molecule has 0 unspecified atom stereocenters. The number of fused-ring (bicyclic) bond motifs is 13. The molecule has 0 spiro atoms. The summed E-state index contributed by atoms with van der Waals surface area (Å²) in [5.41, 5.74) is 13.8. The maximum atomic E-state index is 6.32. The highest BCUT2D eigenvalue weighted by molar-refractivity contribution is 6.12. The second kappa shape index (κ2) is 10.2. The number of furan rings is 2. The van der Waals surface area contributed by atoms with Crippen molar-refractivity contribution in [2.24, 2.45) is 0 Å². The Balaban J connectivity index is 0.939. The first-order valence-electron chi connectivity index (χ1n) is 18.4. The zero-order chi connectivity index (χ0) is 35.0. The summed E-state index contributed by atoms with van der Waals surface area (Å²) in [6.45, 7) is 4.77. The summed E-state index contributed by atoms with van der Waals surface area (Å²) in [5, 5.41) is 12.0. The summed E-state index contributed by atoms with van der Waals surface area (Å²) < 4.78 is 12.6. The van der Waals surface area contributed by atoms with Crippen LogP contribution in [0.3, 0.4) is 0 Å². The maximum Gasteiger partial charge on any atom is 0.136 e. The van der Waals surface area contributed by atoms with Crippen LogP contribution in [0.2, 0.25) is 0 Å². The van der Waals surface area contributed by atoms with Crippen molar-refractivity contribution in [3.8, 4) is 33.4 Å². The average Bonchev–Trinajstić information content (AvgIpc) is 3.81. The molecule has 12 rings (SSSR count). The Morgan fingerprint density at radius 2 is 0.811 bits per heavy atom. The van der Waals surface area contributed by atoms with E-state index in [-0.39, 0.29) is 5.41 Å². The van der Waals surface area contributed by atoms with Gasteiger partial charge in [-0.05, 0) is 137 Å². The van der Waals surface area contributed by atoms with Crippen LogP contribution >= 0.6 is 0 Å². The van der Waals surface area contributed by atoms with E-state index in [0.717, 1.165) is 43.9 Å². The monoisotopic (exact) mass is 676 g/mol. The van der Waals surface area contributed by atoms with E-state index in [4.69, 9.17) is 8.83 Å². The molecule has 0 amide bonds. The Hall–Kier alpha value is -6.64. The molecule has 0 aliphatic heterocycles. The van der Waals surface area contributed by atoms with Crippen molar-refractivity contribution in [1.29, 1.82) is 0 Å². The average molecular weight is 677 g/mol. The van der Waals surface area contributed by atoms with Crippen molar-refractivity contribution in [2.45, 2.75) is 19.3 Å². The molecule has 1 aliphatic rings. The minimum atomic E-state index is -0.162. The molecular weight excluding hydrogens is 645 g/mol. The highest BCUT2D eigenvalue weighted by Gasteiger charge is 2.37. The first kappa shape index (κ1) is 29.0. The first-order valence-corrected chi connectivity index (χ1v) is 18.4. The summed E-state index contributed by atoms with van der Waals surface area (Å²) >= 11 is 0. The van der Waals surface area contributed by atoms with Crippen LogP contribution < -0.4 is 0 Å². The SMILES string of the molecule is CC1(C)c2cc(-c3ccc4oc5cc6ccccc6cc5c4c3)ccc2-c2ccc3cc(-c4ccc5oc6cc7ccccc7cc6c5c4)ccc3c21.